The number of anilines is 1. The van der Waals surface area contributed by atoms with Gasteiger partial charge in [0.2, 0.25) is 0 Å². The summed E-state index contributed by atoms with van der Waals surface area (Å²) >= 11 is 0. The molecule has 4 nitrogen and oxygen atoms in total. The van der Waals surface area contributed by atoms with E-state index in [0.717, 1.165) is 34.6 Å². The monoisotopic (exact) mass is 359 g/mol. The van der Waals surface area contributed by atoms with Crippen molar-refractivity contribution in [2.24, 2.45) is 0 Å². The van der Waals surface area contributed by atoms with E-state index in [1.54, 1.807) is 0 Å². The zero-order valence-electron chi connectivity index (χ0n) is 16.1. The molecule has 0 radical (unpaired) electrons. The van der Waals surface area contributed by atoms with Gasteiger partial charge in [0.15, 0.2) is 0 Å². The number of aromatic nitrogens is 1. The number of carbonyl (C=O) groups excluding carboxylic acids is 1. The number of para-hydroxylation sites is 1. The molecule has 1 atom stereocenters. The summed E-state index contributed by atoms with van der Waals surface area (Å²) in [4.78, 5) is 15.2. The van der Waals surface area contributed by atoms with E-state index >= 15 is 0 Å². The van der Waals surface area contributed by atoms with Crippen LogP contribution in [0.15, 0.2) is 60.8 Å². The SMILES string of the molecule is CC[C@H]1c2cccn2-c2ccccc2CN1C(=O)Nc1ccc(C)cc1C. The molecule has 0 saturated heterocycles. The molecule has 2 amide bonds. The van der Waals surface area contributed by atoms with E-state index < -0.39 is 0 Å². The molecule has 4 heteroatoms. The first-order chi connectivity index (χ1) is 13.1. The van der Waals surface area contributed by atoms with E-state index in [4.69, 9.17) is 0 Å². The molecule has 138 valence electrons. The maximum atomic E-state index is 13.3. The minimum atomic E-state index is -0.0572. The zero-order valence-corrected chi connectivity index (χ0v) is 16.1. The van der Waals surface area contributed by atoms with Crippen LogP contribution in [0.2, 0.25) is 0 Å². The molecule has 0 spiro atoms. The third-order valence-corrected chi connectivity index (χ3v) is 5.36. The minimum absolute atomic E-state index is 0.0261. The predicted molar refractivity (Wildman–Crippen MR) is 109 cm³/mol. The highest BCUT2D eigenvalue weighted by Gasteiger charge is 2.30. The first-order valence-electron chi connectivity index (χ1n) is 9.49. The summed E-state index contributed by atoms with van der Waals surface area (Å²) in [7, 11) is 0. The van der Waals surface area contributed by atoms with E-state index in [-0.39, 0.29) is 12.1 Å². The van der Waals surface area contributed by atoms with Crippen LogP contribution in [0.1, 0.15) is 41.8 Å². The fourth-order valence-electron chi connectivity index (χ4n) is 4.00. The van der Waals surface area contributed by atoms with Gasteiger partial charge in [-0.2, -0.15) is 0 Å². The van der Waals surface area contributed by atoms with Crippen molar-refractivity contribution in [3.8, 4) is 5.69 Å². The molecule has 0 unspecified atom stereocenters. The number of urea groups is 1. The van der Waals surface area contributed by atoms with Crippen molar-refractivity contribution in [3.63, 3.8) is 0 Å². The summed E-state index contributed by atoms with van der Waals surface area (Å²) in [6, 6.07) is 18.6. The Balaban J connectivity index is 1.72. The highest BCUT2D eigenvalue weighted by molar-refractivity contribution is 5.90. The Labute approximate surface area is 160 Å². The Hall–Kier alpha value is -3.01. The maximum absolute atomic E-state index is 13.3. The van der Waals surface area contributed by atoms with Gasteiger partial charge in [-0.3, -0.25) is 0 Å². The highest BCUT2D eigenvalue weighted by Crippen LogP contribution is 2.34. The zero-order chi connectivity index (χ0) is 19.0. The first-order valence-corrected chi connectivity index (χ1v) is 9.49. The summed E-state index contributed by atoms with van der Waals surface area (Å²) in [5, 5.41) is 3.13. The fourth-order valence-corrected chi connectivity index (χ4v) is 4.00. The van der Waals surface area contributed by atoms with Crippen LogP contribution in [-0.2, 0) is 6.54 Å². The molecule has 1 N–H and O–H groups in total. The van der Waals surface area contributed by atoms with Crippen LogP contribution in [0.5, 0.6) is 0 Å². The molecule has 27 heavy (non-hydrogen) atoms. The van der Waals surface area contributed by atoms with Crippen molar-refractivity contribution >= 4 is 11.7 Å². The molecule has 0 bridgehead atoms. The summed E-state index contributed by atoms with van der Waals surface area (Å²) in [5.41, 5.74) is 6.60. The van der Waals surface area contributed by atoms with Gasteiger partial charge >= 0.3 is 6.03 Å². The fraction of sp³-hybridized carbons (Fsp3) is 0.261. The van der Waals surface area contributed by atoms with Crippen molar-refractivity contribution in [3.05, 3.63) is 83.2 Å². The number of nitrogens with zero attached hydrogens (tertiary/aromatic N) is 2. The van der Waals surface area contributed by atoms with Gasteiger partial charge in [-0.05, 0) is 55.7 Å². The van der Waals surface area contributed by atoms with Crippen molar-refractivity contribution in [2.75, 3.05) is 5.32 Å². The lowest BCUT2D eigenvalue weighted by atomic mass is 10.1. The average molecular weight is 359 g/mol. The minimum Gasteiger partial charge on any atom is -0.318 e. The third-order valence-electron chi connectivity index (χ3n) is 5.36. The second-order valence-corrected chi connectivity index (χ2v) is 7.23. The van der Waals surface area contributed by atoms with Crippen LogP contribution in [-0.4, -0.2) is 15.5 Å². The molecule has 0 aliphatic carbocycles. The number of aryl methyl sites for hydroxylation is 2. The Morgan fingerprint density at radius 2 is 1.93 bits per heavy atom. The number of hydrogen-bond donors (Lipinski definition) is 1. The normalized spacial score (nSPS) is 15.7. The standard InChI is InChI=1S/C23H25N3O/c1-4-20-22-10-7-13-25(22)21-9-6-5-8-18(21)15-26(20)23(27)24-19-12-11-16(2)14-17(19)3/h5-14,20H,4,15H2,1-3H3,(H,24,27)/t20-/m0/s1. The molecule has 2 heterocycles. The van der Waals surface area contributed by atoms with Gasteiger partial charge in [0, 0.05) is 17.6 Å². The number of hydrogen-bond acceptors (Lipinski definition) is 1. The largest absolute Gasteiger partial charge is 0.322 e. The summed E-state index contributed by atoms with van der Waals surface area (Å²) in [6.07, 6.45) is 2.95. The third kappa shape index (κ3) is 3.12. The Bertz CT molecular complexity index is 989. The number of amides is 2. The van der Waals surface area contributed by atoms with Crippen LogP contribution < -0.4 is 5.32 Å². The lowest BCUT2D eigenvalue weighted by molar-refractivity contribution is 0.181. The van der Waals surface area contributed by atoms with Gasteiger partial charge in [-0.25, -0.2) is 4.79 Å². The van der Waals surface area contributed by atoms with Crippen LogP contribution in [0, 0.1) is 13.8 Å². The average Bonchev–Trinajstić information content (AvgIpc) is 3.08. The molecule has 4 rings (SSSR count). The lowest BCUT2D eigenvalue weighted by Crippen LogP contribution is -2.37. The molecule has 1 aliphatic rings. The van der Waals surface area contributed by atoms with Gasteiger partial charge in [0.1, 0.15) is 0 Å². The van der Waals surface area contributed by atoms with Gasteiger partial charge in [0.05, 0.1) is 18.3 Å². The lowest BCUT2D eigenvalue weighted by Gasteiger charge is -2.30. The number of nitrogens with one attached hydrogen (secondary N) is 1. The van der Waals surface area contributed by atoms with Gasteiger partial charge in [0.25, 0.3) is 0 Å². The summed E-state index contributed by atoms with van der Waals surface area (Å²) < 4.78 is 2.22. The number of carbonyl (C=O) groups is 1. The van der Waals surface area contributed by atoms with Crippen LogP contribution in [0.3, 0.4) is 0 Å². The van der Waals surface area contributed by atoms with Gasteiger partial charge in [-0.1, -0.05) is 42.8 Å². The predicted octanol–water partition coefficient (Wildman–Crippen LogP) is 5.59. The van der Waals surface area contributed by atoms with E-state index in [1.807, 2.05) is 30.0 Å². The van der Waals surface area contributed by atoms with Gasteiger partial charge < -0.3 is 14.8 Å². The van der Waals surface area contributed by atoms with E-state index in [1.165, 1.54) is 5.56 Å². The van der Waals surface area contributed by atoms with Crippen molar-refractivity contribution in [2.45, 2.75) is 39.8 Å². The van der Waals surface area contributed by atoms with Crippen molar-refractivity contribution in [1.82, 2.24) is 9.47 Å². The first kappa shape index (κ1) is 17.4. The highest BCUT2D eigenvalue weighted by atomic mass is 16.2. The smallest absolute Gasteiger partial charge is 0.318 e. The number of benzene rings is 2. The molecular formula is C23H25N3O. The van der Waals surface area contributed by atoms with E-state index in [2.05, 4.69) is 66.3 Å². The van der Waals surface area contributed by atoms with E-state index in [9.17, 15) is 4.79 Å². The van der Waals surface area contributed by atoms with Crippen molar-refractivity contribution < 1.29 is 4.79 Å². The molecule has 2 aromatic carbocycles. The summed E-state index contributed by atoms with van der Waals surface area (Å²) in [5.74, 6) is 0. The summed E-state index contributed by atoms with van der Waals surface area (Å²) in [6.45, 7) is 6.82. The molecule has 3 aromatic rings. The number of rotatable bonds is 2. The van der Waals surface area contributed by atoms with Gasteiger partial charge in [-0.15, -0.1) is 0 Å². The van der Waals surface area contributed by atoms with E-state index in [0.29, 0.717) is 6.54 Å². The van der Waals surface area contributed by atoms with Crippen LogP contribution in [0.25, 0.3) is 5.69 Å². The number of fused-ring (bicyclic) bond motifs is 3. The second kappa shape index (κ2) is 6.95. The Kier molecular flexibility index (Phi) is 4.48. The topological polar surface area (TPSA) is 37.3 Å². The van der Waals surface area contributed by atoms with Crippen LogP contribution in [0.4, 0.5) is 10.5 Å². The maximum Gasteiger partial charge on any atom is 0.322 e. The van der Waals surface area contributed by atoms with Crippen molar-refractivity contribution in [1.29, 1.82) is 0 Å². The Morgan fingerprint density at radius 3 is 2.70 bits per heavy atom. The van der Waals surface area contributed by atoms with Crippen LogP contribution >= 0.6 is 0 Å². The second-order valence-electron chi connectivity index (χ2n) is 7.23. The molecule has 0 fully saturated rings. The Morgan fingerprint density at radius 1 is 1.11 bits per heavy atom. The quantitative estimate of drug-likeness (QED) is 0.636. The molecule has 0 saturated carbocycles. The molecule has 1 aromatic heterocycles. The molecule has 1 aliphatic heterocycles. The molecular weight excluding hydrogens is 334 g/mol.